The molecule has 41 heavy (non-hydrogen) atoms. The average molecular weight is 556 g/mol. The summed E-state index contributed by atoms with van der Waals surface area (Å²) in [7, 11) is 0. The Bertz CT molecular complexity index is 1420. The highest BCUT2D eigenvalue weighted by Gasteiger charge is 2.71. The van der Waals surface area contributed by atoms with Gasteiger partial charge >= 0.3 is 5.97 Å². The van der Waals surface area contributed by atoms with Gasteiger partial charge in [-0.1, -0.05) is 65.0 Å². The molecule has 0 bridgehead atoms. The fourth-order valence-electron chi connectivity index (χ4n) is 13.1. The minimum Gasteiger partial charge on any atom is -0.465 e. The molecular formula is C38H53NO2. The van der Waals surface area contributed by atoms with Crippen LogP contribution in [0.4, 0.5) is 0 Å². The molecule has 1 aromatic heterocycles. The number of fused-ring (bicyclic) bond motifs is 10. The van der Waals surface area contributed by atoms with Crippen molar-refractivity contribution in [1.82, 2.24) is 4.98 Å². The number of aromatic amines is 1. The van der Waals surface area contributed by atoms with Crippen molar-refractivity contribution in [3.63, 3.8) is 0 Å². The number of hydrogen-bond donors (Lipinski definition) is 1. The highest BCUT2D eigenvalue weighted by molar-refractivity contribution is 5.85. The zero-order valence-corrected chi connectivity index (χ0v) is 26.8. The summed E-state index contributed by atoms with van der Waals surface area (Å²) < 4.78 is 5.86. The van der Waals surface area contributed by atoms with Crippen molar-refractivity contribution >= 4 is 16.9 Å². The van der Waals surface area contributed by atoms with Crippen LogP contribution in [0.15, 0.2) is 36.4 Å². The maximum Gasteiger partial charge on any atom is 0.302 e. The number of nitrogens with one attached hydrogen (secondary N) is 1. The van der Waals surface area contributed by atoms with Gasteiger partial charge in [-0.15, -0.1) is 0 Å². The summed E-state index contributed by atoms with van der Waals surface area (Å²) in [5.41, 5.74) is 6.96. The summed E-state index contributed by atoms with van der Waals surface area (Å²) in [6.07, 6.45) is 11.4. The number of aromatic nitrogens is 1. The van der Waals surface area contributed by atoms with Gasteiger partial charge in [0.2, 0.25) is 0 Å². The lowest BCUT2D eigenvalue weighted by molar-refractivity contribution is -0.229. The Morgan fingerprint density at radius 1 is 0.927 bits per heavy atom. The standard InChI is InChI=1S/C38H53NO2/c1-23(2)25-15-18-38(22-41-24(3)40)20-19-36(7)28(32(25)38)13-14-31-35(6)21-27-26-11-9-10-12-29(26)39-33(27)34(4,5)30(35)16-17-37(31,36)8/h9-12,25,28,30-32,39H,1,13-22H2,2-8H3/t25-,28+,30-,31+,32+,35-,36+,37+,38+/m0/s1. The Labute approximate surface area is 248 Å². The molecule has 1 aromatic carbocycles. The van der Waals surface area contributed by atoms with Crippen LogP contribution in [0.25, 0.3) is 10.9 Å². The van der Waals surface area contributed by atoms with Gasteiger partial charge in [-0.3, -0.25) is 4.79 Å². The third-order valence-electron chi connectivity index (χ3n) is 15.0. The molecule has 5 aliphatic carbocycles. The predicted octanol–water partition coefficient (Wildman–Crippen LogP) is 9.40. The fraction of sp³-hybridized carbons (Fsp3) is 0.711. The minimum atomic E-state index is -0.122. The van der Waals surface area contributed by atoms with E-state index < -0.39 is 0 Å². The highest BCUT2D eigenvalue weighted by Crippen LogP contribution is 2.77. The first-order chi connectivity index (χ1) is 19.3. The molecular weight excluding hydrogens is 502 g/mol. The van der Waals surface area contributed by atoms with E-state index >= 15 is 0 Å². The topological polar surface area (TPSA) is 42.1 Å². The van der Waals surface area contributed by atoms with Gasteiger partial charge in [0.1, 0.15) is 0 Å². The van der Waals surface area contributed by atoms with E-state index in [1.807, 2.05) is 0 Å². The van der Waals surface area contributed by atoms with Crippen LogP contribution in [-0.2, 0) is 21.4 Å². The quantitative estimate of drug-likeness (QED) is 0.303. The Hall–Kier alpha value is -2.03. The zero-order chi connectivity index (χ0) is 29.2. The molecule has 0 saturated heterocycles. The van der Waals surface area contributed by atoms with Crippen LogP contribution in [0.2, 0.25) is 0 Å². The largest absolute Gasteiger partial charge is 0.465 e. The lowest BCUT2D eigenvalue weighted by Gasteiger charge is -2.72. The Morgan fingerprint density at radius 3 is 2.41 bits per heavy atom. The van der Waals surface area contributed by atoms with E-state index in [4.69, 9.17) is 4.74 Å². The molecule has 0 unspecified atom stereocenters. The van der Waals surface area contributed by atoms with Gasteiger partial charge in [0.05, 0.1) is 6.61 Å². The first kappa shape index (κ1) is 27.8. The number of benzene rings is 1. The summed E-state index contributed by atoms with van der Waals surface area (Å²) in [6, 6.07) is 9.03. The number of rotatable bonds is 3. The highest BCUT2D eigenvalue weighted by atomic mass is 16.5. The van der Waals surface area contributed by atoms with Crippen molar-refractivity contribution in [1.29, 1.82) is 0 Å². The first-order valence-corrected chi connectivity index (χ1v) is 16.7. The smallest absolute Gasteiger partial charge is 0.302 e. The Morgan fingerprint density at radius 2 is 1.68 bits per heavy atom. The van der Waals surface area contributed by atoms with Crippen LogP contribution in [-0.4, -0.2) is 17.6 Å². The van der Waals surface area contributed by atoms with E-state index in [-0.39, 0.29) is 22.2 Å². The number of para-hydroxylation sites is 1. The van der Waals surface area contributed by atoms with E-state index in [1.165, 1.54) is 80.0 Å². The molecule has 0 radical (unpaired) electrons. The van der Waals surface area contributed by atoms with Gasteiger partial charge in [-0.25, -0.2) is 0 Å². The zero-order valence-electron chi connectivity index (χ0n) is 26.8. The van der Waals surface area contributed by atoms with E-state index in [9.17, 15) is 4.79 Å². The number of allylic oxidation sites excluding steroid dienone is 1. The number of esters is 1. The van der Waals surface area contributed by atoms with Crippen molar-refractivity contribution in [3.05, 3.63) is 47.7 Å². The van der Waals surface area contributed by atoms with Crippen molar-refractivity contribution < 1.29 is 9.53 Å². The van der Waals surface area contributed by atoms with Crippen LogP contribution in [0, 0.1) is 51.2 Å². The van der Waals surface area contributed by atoms with Crippen LogP contribution in [0.3, 0.4) is 0 Å². The molecule has 1 heterocycles. The summed E-state index contributed by atoms with van der Waals surface area (Å²) >= 11 is 0. The van der Waals surface area contributed by atoms with E-state index in [0.29, 0.717) is 41.1 Å². The van der Waals surface area contributed by atoms with E-state index in [2.05, 4.69) is 77.4 Å². The normalized spacial score (nSPS) is 44.2. The molecule has 3 nitrogen and oxygen atoms in total. The molecule has 3 heteroatoms. The number of hydrogen-bond acceptors (Lipinski definition) is 2. The van der Waals surface area contributed by atoms with Crippen molar-refractivity contribution in [2.24, 2.45) is 51.2 Å². The van der Waals surface area contributed by atoms with Gasteiger partial charge in [0, 0.05) is 34.4 Å². The fourth-order valence-corrected chi connectivity index (χ4v) is 13.1. The Balaban J connectivity index is 1.30. The molecule has 2 aromatic rings. The van der Waals surface area contributed by atoms with Crippen molar-refractivity contribution in [2.45, 2.75) is 112 Å². The van der Waals surface area contributed by atoms with Gasteiger partial charge in [-0.2, -0.15) is 0 Å². The molecule has 4 saturated carbocycles. The number of carbonyl (C=O) groups is 1. The van der Waals surface area contributed by atoms with Crippen LogP contribution < -0.4 is 0 Å². The molecule has 222 valence electrons. The van der Waals surface area contributed by atoms with E-state index in [0.717, 1.165) is 5.92 Å². The number of carbonyl (C=O) groups excluding carboxylic acids is 1. The second-order valence-corrected chi connectivity index (χ2v) is 16.8. The van der Waals surface area contributed by atoms with Crippen LogP contribution in [0.1, 0.15) is 111 Å². The summed E-state index contributed by atoms with van der Waals surface area (Å²) in [5.74, 6) is 3.12. The maximum atomic E-state index is 12.0. The molecule has 7 rings (SSSR count). The van der Waals surface area contributed by atoms with Gasteiger partial charge in [0.25, 0.3) is 0 Å². The van der Waals surface area contributed by atoms with Gasteiger partial charge in [0.15, 0.2) is 0 Å². The molecule has 5 aliphatic rings. The minimum absolute atomic E-state index is 0.122. The lowest BCUT2D eigenvalue weighted by atomic mass is 9.32. The summed E-state index contributed by atoms with van der Waals surface area (Å²) in [6.45, 7) is 22.2. The maximum absolute atomic E-state index is 12.0. The SMILES string of the molecule is C=C(C)[C@@H]1CC[C@]2(COC(C)=O)CC[C@]3(C)[C@H](CC[C@@H]4[C@@]5(C)Cc6c([nH]c7ccccc67)C(C)(C)[C@@H]5CC[C@]43C)[C@@H]12. The second-order valence-electron chi connectivity index (χ2n) is 16.8. The molecule has 0 amide bonds. The van der Waals surface area contributed by atoms with Gasteiger partial charge < -0.3 is 9.72 Å². The lowest BCUT2D eigenvalue weighted by Crippen LogP contribution is -2.66. The third-order valence-corrected chi connectivity index (χ3v) is 15.0. The van der Waals surface area contributed by atoms with Crippen LogP contribution >= 0.6 is 0 Å². The summed E-state index contributed by atoms with van der Waals surface area (Å²) in [4.78, 5) is 15.9. The number of H-pyrrole nitrogens is 1. The molecule has 9 atom stereocenters. The molecule has 4 fully saturated rings. The predicted molar refractivity (Wildman–Crippen MR) is 168 cm³/mol. The second kappa shape index (κ2) is 8.76. The number of ether oxygens (including phenoxy) is 1. The van der Waals surface area contributed by atoms with Crippen LogP contribution in [0.5, 0.6) is 0 Å². The van der Waals surface area contributed by atoms with Crippen molar-refractivity contribution in [3.8, 4) is 0 Å². The summed E-state index contributed by atoms with van der Waals surface area (Å²) in [5, 5.41) is 1.45. The third kappa shape index (κ3) is 3.47. The van der Waals surface area contributed by atoms with Gasteiger partial charge in [-0.05, 0) is 122 Å². The van der Waals surface area contributed by atoms with E-state index in [1.54, 1.807) is 12.5 Å². The average Bonchev–Trinajstić information content (AvgIpc) is 3.48. The molecule has 1 N–H and O–H groups in total. The first-order valence-electron chi connectivity index (χ1n) is 16.7. The monoisotopic (exact) mass is 555 g/mol. The Kier molecular flexibility index (Phi) is 5.94. The van der Waals surface area contributed by atoms with Crippen molar-refractivity contribution in [2.75, 3.05) is 6.61 Å². The molecule has 0 spiro atoms. The molecule has 0 aliphatic heterocycles.